The molecule has 1 heterocycles. The van der Waals surface area contributed by atoms with Gasteiger partial charge in [0.2, 0.25) is 0 Å². The highest BCUT2D eigenvalue weighted by Crippen LogP contribution is 1.99. The zero-order valence-electron chi connectivity index (χ0n) is 7.55. The van der Waals surface area contributed by atoms with Gasteiger partial charge in [-0.05, 0) is 13.0 Å². The summed E-state index contributed by atoms with van der Waals surface area (Å²) in [4.78, 5) is 13.8. The lowest BCUT2D eigenvalue weighted by Gasteiger charge is -1.96. The van der Waals surface area contributed by atoms with Crippen LogP contribution in [0.15, 0.2) is 6.07 Å². The van der Waals surface area contributed by atoms with Crippen molar-refractivity contribution in [2.24, 2.45) is 0 Å². The predicted molar refractivity (Wildman–Crippen MR) is 49.6 cm³/mol. The number of nitrogens with zero attached hydrogens (tertiary/aromatic N) is 1. The number of ether oxygens (including phenoxy) is 1. The molecule has 5 heteroatoms. The van der Waals surface area contributed by atoms with Gasteiger partial charge in [-0.3, -0.25) is 0 Å². The largest absolute Gasteiger partial charge is 0.461 e. The molecule has 0 radical (unpaired) electrons. The Morgan fingerprint density at radius 2 is 2.54 bits per heavy atom. The van der Waals surface area contributed by atoms with Crippen LogP contribution in [0, 0.1) is 11.3 Å². The number of hydrogen-bond acceptors (Lipinski definition) is 3. The van der Waals surface area contributed by atoms with Crippen LogP contribution in [0.1, 0.15) is 23.1 Å². The minimum atomic E-state index is -0.424. The van der Waals surface area contributed by atoms with Crippen molar-refractivity contribution in [3.63, 3.8) is 0 Å². The zero-order chi connectivity index (χ0) is 9.84. The van der Waals surface area contributed by atoms with Gasteiger partial charge in [0.05, 0.1) is 6.61 Å². The van der Waals surface area contributed by atoms with E-state index in [9.17, 15) is 4.79 Å². The van der Waals surface area contributed by atoms with E-state index in [0.29, 0.717) is 18.0 Å². The summed E-state index contributed by atoms with van der Waals surface area (Å²) in [5, 5.41) is 8.61. The average Bonchev–Trinajstić information content (AvgIpc) is 2.47. The van der Waals surface area contributed by atoms with Crippen LogP contribution >= 0.6 is 0 Å². The number of carbonyl (C=O) groups is 1. The van der Waals surface area contributed by atoms with Crippen molar-refractivity contribution in [2.75, 3.05) is 6.61 Å². The lowest BCUT2D eigenvalue weighted by molar-refractivity contribution is 0.0520. The SMILES string of the molecule is Bc1cc(C(=O)OCC)[nH]c1C#N. The van der Waals surface area contributed by atoms with Gasteiger partial charge in [0.25, 0.3) is 0 Å². The molecular weight excluding hydrogens is 167 g/mol. The first kappa shape index (κ1) is 9.39. The Labute approximate surface area is 76.9 Å². The van der Waals surface area contributed by atoms with Crippen molar-refractivity contribution in [1.82, 2.24) is 4.98 Å². The molecule has 1 N–H and O–H groups in total. The molecule has 0 saturated carbocycles. The first-order valence-corrected chi connectivity index (χ1v) is 3.95. The third kappa shape index (κ3) is 1.91. The van der Waals surface area contributed by atoms with Gasteiger partial charge in [0, 0.05) is 0 Å². The standard InChI is InChI=1S/C8H9BN2O2/c1-2-13-8(12)6-3-5(9)7(4-10)11-6/h3,11H,2,9H2,1H3. The summed E-state index contributed by atoms with van der Waals surface area (Å²) in [6, 6.07) is 3.56. The van der Waals surface area contributed by atoms with E-state index in [4.69, 9.17) is 10.00 Å². The highest BCUT2D eigenvalue weighted by atomic mass is 16.5. The Morgan fingerprint density at radius 3 is 3.00 bits per heavy atom. The number of hydrogen-bond donors (Lipinski definition) is 1. The van der Waals surface area contributed by atoms with Crippen LogP contribution in [0.4, 0.5) is 0 Å². The smallest absolute Gasteiger partial charge is 0.354 e. The van der Waals surface area contributed by atoms with Crippen molar-refractivity contribution in [2.45, 2.75) is 6.92 Å². The van der Waals surface area contributed by atoms with Crippen LogP contribution < -0.4 is 5.46 Å². The summed E-state index contributed by atoms with van der Waals surface area (Å²) >= 11 is 0. The molecule has 1 rings (SSSR count). The Morgan fingerprint density at radius 1 is 1.85 bits per heavy atom. The van der Waals surface area contributed by atoms with Gasteiger partial charge in [-0.2, -0.15) is 5.26 Å². The molecule has 66 valence electrons. The van der Waals surface area contributed by atoms with E-state index in [2.05, 4.69) is 4.98 Å². The van der Waals surface area contributed by atoms with Crippen LogP contribution in [-0.2, 0) is 4.74 Å². The molecule has 0 aliphatic heterocycles. The number of rotatable bonds is 2. The predicted octanol–water partition coefficient (Wildman–Crippen LogP) is -0.679. The first-order valence-electron chi connectivity index (χ1n) is 3.95. The normalized spacial score (nSPS) is 9.23. The van der Waals surface area contributed by atoms with Crippen molar-refractivity contribution in [3.8, 4) is 6.07 Å². The molecule has 0 spiro atoms. The number of nitrogens with one attached hydrogen (secondary N) is 1. The Hall–Kier alpha value is -1.70. The van der Waals surface area contributed by atoms with E-state index in [-0.39, 0.29) is 0 Å². The Kier molecular flexibility index (Phi) is 2.75. The molecule has 1 aromatic heterocycles. The van der Waals surface area contributed by atoms with Crippen molar-refractivity contribution >= 4 is 19.3 Å². The number of aromatic amines is 1. The van der Waals surface area contributed by atoms with E-state index < -0.39 is 5.97 Å². The number of aromatic nitrogens is 1. The molecule has 0 aliphatic rings. The third-order valence-corrected chi connectivity index (χ3v) is 1.62. The highest BCUT2D eigenvalue weighted by Gasteiger charge is 2.11. The Bertz CT molecular complexity index is 365. The molecule has 13 heavy (non-hydrogen) atoms. The molecular formula is C8H9BN2O2. The van der Waals surface area contributed by atoms with Crippen LogP contribution in [0.2, 0.25) is 0 Å². The van der Waals surface area contributed by atoms with Gasteiger partial charge in [-0.1, -0.05) is 5.46 Å². The number of carbonyl (C=O) groups excluding carboxylic acids is 1. The Balaban J connectivity index is 2.92. The minimum Gasteiger partial charge on any atom is -0.461 e. The van der Waals surface area contributed by atoms with E-state index in [0.717, 1.165) is 5.46 Å². The molecule has 0 amide bonds. The fraction of sp³-hybridized carbons (Fsp3) is 0.250. The molecule has 0 fully saturated rings. The first-order chi connectivity index (χ1) is 6.19. The van der Waals surface area contributed by atoms with Crippen molar-refractivity contribution < 1.29 is 9.53 Å². The van der Waals surface area contributed by atoms with Crippen LogP contribution in [-0.4, -0.2) is 25.4 Å². The van der Waals surface area contributed by atoms with Crippen LogP contribution in [0.3, 0.4) is 0 Å². The topological polar surface area (TPSA) is 65.9 Å². The molecule has 4 nitrogen and oxygen atoms in total. The maximum atomic E-state index is 11.2. The van der Waals surface area contributed by atoms with E-state index in [1.54, 1.807) is 20.8 Å². The fourth-order valence-corrected chi connectivity index (χ4v) is 0.993. The van der Waals surface area contributed by atoms with Crippen molar-refractivity contribution in [3.05, 3.63) is 17.5 Å². The zero-order valence-corrected chi connectivity index (χ0v) is 7.55. The summed E-state index contributed by atoms with van der Waals surface area (Å²) in [5.41, 5.74) is 1.49. The second kappa shape index (κ2) is 3.81. The quantitative estimate of drug-likeness (QED) is 0.479. The van der Waals surface area contributed by atoms with Gasteiger partial charge in [-0.25, -0.2) is 4.79 Å². The number of H-pyrrole nitrogens is 1. The summed E-state index contributed by atoms with van der Waals surface area (Å²) in [6.07, 6.45) is 0. The van der Waals surface area contributed by atoms with E-state index >= 15 is 0 Å². The number of nitriles is 1. The molecule has 1 aromatic rings. The lowest BCUT2D eigenvalue weighted by Crippen LogP contribution is -2.05. The molecule has 0 atom stereocenters. The monoisotopic (exact) mass is 176 g/mol. The summed E-state index contributed by atoms with van der Waals surface area (Å²) in [6.45, 7) is 2.07. The summed E-state index contributed by atoms with van der Waals surface area (Å²) in [7, 11) is 1.76. The van der Waals surface area contributed by atoms with Gasteiger partial charge in [-0.15, -0.1) is 0 Å². The molecule has 0 saturated heterocycles. The maximum Gasteiger partial charge on any atom is 0.354 e. The van der Waals surface area contributed by atoms with Crippen LogP contribution in [0.25, 0.3) is 0 Å². The maximum absolute atomic E-state index is 11.2. The van der Waals surface area contributed by atoms with Gasteiger partial charge < -0.3 is 9.72 Å². The molecule has 0 unspecified atom stereocenters. The van der Waals surface area contributed by atoms with Gasteiger partial charge >= 0.3 is 5.97 Å². The van der Waals surface area contributed by atoms with Gasteiger partial charge in [0.1, 0.15) is 25.3 Å². The second-order valence-corrected chi connectivity index (χ2v) is 2.57. The van der Waals surface area contributed by atoms with Gasteiger partial charge in [0.15, 0.2) is 0 Å². The van der Waals surface area contributed by atoms with Crippen LogP contribution in [0.5, 0.6) is 0 Å². The third-order valence-electron chi connectivity index (χ3n) is 1.62. The van der Waals surface area contributed by atoms with E-state index in [1.165, 1.54) is 0 Å². The molecule has 0 bridgehead atoms. The van der Waals surface area contributed by atoms with E-state index in [1.807, 2.05) is 6.07 Å². The number of esters is 1. The summed E-state index contributed by atoms with van der Waals surface area (Å²) < 4.78 is 4.76. The van der Waals surface area contributed by atoms with Crippen molar-refractivity contribution in [1.29, 1.82) is 5.26 Å². The molecule has 0 aliphatic carbocycles. The average molecular weight is 176 g/mol. The highest BCUT2D eigenvalue weighted by molar-refractivity contribution is 6.34. The second-order valence-electron chi connectivity index (χ2n) is 2.57. The summed E-state index contributed by atoms with van der Waals surface area (Å²) in [5.74, 6) is -0.424. The molecule has 0 aromatic carbocycles. The minimum absolute atomic E-state index is 0.330. The fourth-order valence-electron chi connectivity index (χ4n) is 0.993. The lowest BCUT2D eigenvalue weighted by atomic mass is 9.97.